The van der Waals surface area contributed by atoms with E-state index in [4.69, 9.17) is 0 Å². The van der Waals surface area contributed by atoms with E-state index in [9.17, 15) is 9.90 Å². The van der Waals surface area contributed by atoms with Crippen LogP contribution in [0.25, 0.3) is 0 Å². The maximum atomic E-state index is 12.1. The predicted octanol–water partition coefficient (Wildman–Crippen LogP) is 3.24. The Bertz CT molecular complexity index is 426. The molecule has 1 aromatic rings. The van der Waals surface area contributed by atoms with Crippen LogP contribution in [0.5, 0.6) is 0 Å². The molecule has 21 heavy (non-hydrogen) atoms. The lowest BCUT2D eigenvalue weighted by Gasteiger charge is -2.22. The van der Waals surface area contributed by atoms with Crippen molar-refractivity contribution in [3.05, 3.63) is 35.9 Å². The predicted molar refractivity (Wildman–Crippen MR) is 85.1 cm³/mol. The molecule has 0 aromatic heterocycles. The second-order valence-corrected chi connectivity index (χ2v) is 6.15. The summed E-state index contributed by atoms with van der Waals surface area (Å²) in [6.45, 7) is 2.61. The minimum atomic E-state index is -0.531. The van der Waals surface area contributed by atoms with Crippen molar-refractivity contribution in [2.45, 2.75) is 57.6 Å². The van der Waals surface area contributed by atoms with E-state index in [1.54, 1.807) is 0 Å². The summed E-state index contributed by atoms with van der Waals surface area (Å²) in [5, 5.41) is 13.5. The highest BCUT2D eigenvalue weighted by molar-refractivity contribution is 5.81. The Morgan fingerprint density at radius 2 is 1.90 bits per heavy atom. The number of aliphatic hydroxyl groups is 1. The van der Waals surface area contributed by atoms with Crippen molar-refractivity contribution in [3.8, 4) is 0 Å². The van der Waals surface area contributed by atoms with E-state index in [0.29, 0.717) is 18.7 Å². The van der Waals surface area contributed by atoms with Crippen LogP contribution in [0.4, 0.5) is 0 Å². The van der Waals surface area contributed by atoms with Gasteiger partial charge in [-0.3, -0.25) is 4.79 Å². The molecule has 0 spiro atoms. The minimum absolute atomic E-state index is 0.0495. The molecule has 2 unspecified atom stereocenters. The van der Waals surface area contributed by atoms with Crippen LogP contribution in [0.15, 0.2) is 30.3 Å². The second kappa shape index (κ2) is 8.30. The molecule has 1 fully saturated rings. The van der Waals surface area contributed by atoms with Crippen molar-refractivity contribution in [3.63, 3.8) is 0 Å². The fraction of sp³-hybridized carbons (Fsp3) is 0.611. The molecule has 0 aliphatic heterocycles. The van der Waals surface area contributed by atoms with Gasteiger partial charge in [0, 0.05) is 24.9 Å². The highest BCUT2D eigenvalue weighted by Gasteiger charge is 2.21. The standard InChI is InChI=1S/C18H27NO2/c1-14(18(21)16-10-6-3-7-11-16)19-13-12-17(20)15-8-4-2-5-9-15/h3,6-7,10-11,14-15,18-19,21H,2,4-5,8-9,12-13H2,1H3. The quantitative estimate of drug-likeness (QED) is 0.810. The number of aliphatic hydroxyl groups excluding tert-OH is 1. The van der Waals surface area contributed by atoms with Crippen LogP contribution in [-0.2, 0) is 4.79 Å². The van der Waals surface area contributed by atoms with Crippen molar-refractivity contribution in [2.75, 3.05) is 6.54 Å². The van der Waals surface area contributed by atoms with Gasteiger partial charge in [0.25, 0.3) is 0 Å². The van der Waals surface area contributed by atoms with E-state index >= 15 is 0 Å². The topological polar surface area (TPSA) is 49.3 Å². The fourth-order valence-electron chi connectivity index (χ4n) is 3.10. The summed E-state index contributed by atoms with van der Waals surface area (Å²) < 4.78 is 0. The zero-order chi connectivity index (χ0) is 15.1. The van der Waals surface area contributed by atoms with E-state index in [1.807, 2.05) is 37.3 Å². The van der Waals surface area contributed by atoms with Crippen molar-refractivity contribution >= 4 is 5.78 Å². The Morgan fingerprint density at radius 1 is 1.24 bits per heavy atom. The van der Waals surface area contributed by atoms with E-state index in [0.717, 1.165) is 18.4 Å². The van der Waals surface area contributed by atoms with Crippen LogP contribution in [0.3, 0.4) is 0 Å². The molecule has 3 nitrogen and oxygen atoms in total. The third-order valence-corrected chi connectivity index (χ3v) is 4.51. The monoisotopic (exact) mass is 289 g/mol. The highest BCUT2D eigenvalue weighted by atomic mass is 16.3. The molecule has 3 heteroatoms. The van der Waals surface area contributed by atoms with E-state index in [-0.39, 0.29) is 12.0 Å². The first-order valence-corrected chi connectivity index (χ1v) is 8.17. The molecule has 1 aromatic carbocycles. The maximum Gasteiger partial charge on any atom is 0.137 e. The normalized spacial score (nSPS) is 19.1. The third kappa shape index (κ3) is 4.94. The summed E-state index contributed by atoms with van der Waals surface area (Å²) in [7, 11) is 0. The molecule has 0 heterocycles. The van der Waals surface area contributed by atoms with Gasteiger partial charge in [-0.1, -0.05) is 49.6 Å². The Hall–Kier alpha value is -1.19. The number of rotatable bonds is 7. The number of nitrogens with one attached hydrogen (secondary N) is 1. The molecule has 1 aliphatic carbocycles. The van der Waals surface area contributed by atoms with E-state index in [1.165, 1.54) is 19.3 Å². The number of Topliss-reactive ketones (excluding diaryl/α,β-unsaturated/α-hetero) is 1. The van der Waals surface area contributed by atoms with Crippen LogP contribution >= 0.6 is 0 Å². The van der Waals surface area contributed by atoms with Crippen LogP contribution in [0.2, 0.25) is 0 Å². The van der Waals surface area contributed by atoms with Crippen LogP contribution in [-0.4, -0.2) is 23.5 Å². The second-order valence-electron chi connectivity index (χ2n) is 6.15. The van der Waals surface area contributed by atoms with Crippen LogP contribution in [0.1, 0.15) is 57.1 Å². The van der Waals surface area contributed by atoms with Crippen molar-refractivity contribution in [1.29, 1.82) is 0 Å². The average molecular weight is 289 g/mol. The molecule has 0 saturated heterocycles. The highest BCUT2D eigenvalue weighted by Crippen LogP contribution is 2.25. The number of ketones is 1. The molecule has 2 atom stereocenters. The number of carbonyl (C=O) groups excluding carboxylic acids is 1. The maximum absolute atomic E-state index is 12.1. The zero-order valence-corrected chi connectivity index (χ0v) is 12.9. The lowest BCUT2D eigenvalue weighted by atomic mass is 9.85. The first-order chi connectivity index (χ1) is 10.2. The lowest BCUT2D eigenvalue weighted by molar-refractivity contribution is -0.123. The van der Waals surface area contributed by atoms with Gasteiger partial charge in [-0.2, -0.15) is 0 Å². The molecule has 2 rings (SSSR count). The van der Waals surface area contributed by atoms with E-state index < -0.39 is 6.10 Å². The Labute approximate surface area is 127 Å². The molecule has 2 N–H and O–H groups in total. The Morgan fingerprint density at radius 3 is 2.57 bits per heavy atom. The van der Waals surface area contributed by atoms with Gasteiger partial charge in [-0.25, -0.2) is 0 Å². The van der Waals surface area contributed by atoms with Crippen molar-refractivity contribution in [1.82, 2.24) is 5.32 Å². The lowest BCUT2D eigenvalue weighted by Crippen LogP contribution is -2.34. The fourth-order valence-corrected chi connectivity index (χ4v) is 3.10. The smallest absolute Gasteiger partial charge is 0.137 e. The van der Waals surface area contributed by atoms with Gasteiger partial charge in [-0.15, -0.1) is 0 Å². The molecular weight excluding hydrogens is 262 g/mol. The van der Waals surface area contributed by atoms with Gasteiger partial charge < -0.3 is 10.4 Å². The molecule has 0 radical (unpaired) electrons. The molecule has 1 saturated carbocycles. The summed E-state index contributed by atoms with van der Waals surface area (Å²) in [5.41, 5.74) is 0.913. The van der Waals surface area contributed by atoms with Crippen LogP contribution in [0, 0.1) is 5.92 Å². The van der Waals surface area contributed by atoms with Crippen molar-refractivity contribution < 1.29 is 9.90 Å². The van der Waals surface area contributed by atoms with Gasteiger partial charge in [0.05, 0.1) is 6.10 Å². The SMILES string of the molecule is CC(NCCC(=O)C1CCCCC1)C(O)c1ccccc1. The molecule has 0 bridgehead atoms. The summed E-state index contributed by atoms with van der Waals surface area (Å²) in [5.74, 6) is 0.679. The summed E-state index contributed by atoms with van der Waals surface area (Å²) >= 11 is 0. The number of carbonyl (C=O) groups is 1. The van der Waals surface area contributed by atoms with Crippen molar-refractivity contribution in [2.24, 2.45) is 5.92 Å². The van der Waals surface area contributed by atoms with Gasteiger partial charge in [0.2, 0.25) is 0 Å². The Balaban J connectivity index is 1.71. The summed E-state index contributed by atoms with van der Waals surface area (Å²) in [6.07, 6.45) is 5.87. The number of hydrogen-bond donors (Lipinski definition) is 2. The van der Waals surface area contributed by atoms with E-state index in [2.05, 4.69) is 5.32 Å². The molecule has 116 valence electrons. The summed E-state index contributed by atoms with van der Waals surface area (Å²) in [6, 6.07) is 9.60. The first kappa shape index (κ1) is 16.2. The first-order valence-electron chi connectivity index (χ1n) is 8.17. The third-order valence-electron chi connectivity index (χ3n) is 4.51. The average Bonchev–Trinajstić information content (AvgIpc) is 2.55. The molecule has 0 amide bonds. The largest absolute Gasteiger partial charge is 0.387 e. The molecule has 1 aliphatic rings. The number of hydrogen-bond acceptors (Lipinski definition) is 3. The zero-order valence-electron chi connectivity index (χ0n) is 12.9. The van der Waals surface area contributed by atoms with Gasteiger partial charge in [0.1, 0.15) is 5.78 Å². The minimum Gasteiger partial charge on any atom is -0.387 e. The van der Waals surface area contributed by atoms with Gasteiger partial charge >= 0.3 is 0 Å². The van der Waals surface area contributed by atoms with Gasteiger partial charge in [-0.05, 0) is 25.3 Å². The Kier molecular flexibility index (Phi) is 6.40. The molecular formula is C18H27NO2. The number of benzene rings is 1. The summed E-state index contributed by atoms with van der Waals surface area (Å²) in [4.78, 5) is 12.1. The van der Waals surface area contributed by atoms with Gasteiger partial charge in [0.15, 0.2) is 0 Å². The van der Waals surface area contributed by atoms with Crippen LogP contribution < -0.4 is 5.32 Å².